The molecule has 0 bridgehead atoms. The number of esters is 1. The van der Waals surface area contributed by atoms with E-state index in [1.165, 1.54) is 71.0 Å². The molecule has 116 valence electrons. The van der Waals surface area contributed by atoms with Crippen LogP contribution in [0.25, 0.3) is 0 Å². The number of ether oxygens (including phenoxy) is 1. The minimum absolute atomic E-state index is 0.244. The van der Waals surface area contributed by atoms with E-state index >= 15 is 0 Å². The summed E-state index contributed by atoms with van der Waals surface area (Å²) in [4.78, 5) is 10.5. The van der Waals surface area contributed by atoms with E-state index in [0.717, 1.165) is 12.8 Å². The molecule has 0 aliphatic rings. The summed E-state index contributed by atoms with van der Waals surface area (Å²) in [5.74, 6) is -0.244. The van der Waals surface area contributed by atoms with Gasteiger partial charge in [-0.1, -0.05) is 57.6 Å². The summed E-state index contributed by atoms with van der Waals surface area (Å²) in [6, 6.07) is 0. The van der Waals surface area contributed by atoms with Gasteiger partial charge in [0.25, 0.3) is 0 Å². The van der Waals surface area contributed by atoms with Crippen LogP contribution in [-0.2, 0) is 9.53 Å². The van der Waals surface area contributed by atoms with Crippen molar-refractivity contribution < 1.29 is 9.53 Å². The van der Waals surface area contributed by atoms with Crippen molar-refractivity contribution in [3.05, 3.63) is 24.5 Å². The quantitative estimate of drug-likeness (QED) is 0.181. The molecule has 0 fully saturated rings. The SMILES string of the molecule is CC/C=C\CCCCCCCCCC/C=C/OC(C)=O. The first kappa shape index (κ1) is 18.9. The topological polar surface area (TPSA) is 26.3 Å². The summed E-state index contributed by atoms with van der Waals surface area (Å²) >= 11 is 0. The fourth-order valence-electron chi connectivity index (χ4n) is 2.08. The van der Waals surface area contributed by atoms with Crippen molar-refractivity contribution in [3.8, 4) is 0 Å². The van der Waals surface area contributed by atoms with Gasteiger partial charge in [0, 0.05) is 6.92 Å². The molecule has 0 aromatic heterocycles. The molecule has 0 aromatic rings. The van der Waals surface area contributed by atoms with E-state index in [9.17, 15) is 4.79 Å². The van der Waals surface area contributed by atoms with Crippen LogP contribution in [0.3, 0.4) is 0 Å². The molecule has 0 atom stereocenters. The van der Waals surface area contributed by atoms with E-state index < -0.39 is 0 Å². The summed E-state index contributed by atoms with van der Waals surface area (Å²) < 4.78 is 4.72. The smallest absolute Gasteiger partial charge is 0.307 e. The van der Waals surface area contributed by atoms with Crippen LogP contribution < -0.4 is 0 Å². The van der Waals surface area contributed by atoms with Crippen LogP contribution in [-0.4, -0.2) is 5.97 Å². The number of carbonyl (C=O) groups is 1. The highest BCUT2D eigenvalue weighted by Crippen LogP contribution is 2.11. The Morgan fingerprint density at radius 3 is 1.80 bits per heavy atom. The second-order valence-corrected chi connectivity index (χ2v) is 5.27. The largest absolute Gasteiger partial charge is 0.435 e. The summed E-state index contributed by atoms with van der Waals surface area (Å²) in [7, 11) is 0. The van der Waals surface area contributed by atoms with Crippen molar-refractivity contribution in [1.82, 2.24) is 0 Å². The summed E-state index contributed by atoms with van der Waals surface area (Å²) in [5, 5.41) is 0. The lowest BCUT2D eigenvalue weighted by atomic mass is 10.1. The second kappa shape index (κ2) is 16.0. The Labute approximate surface area is 125 Å². The first-order chi connectivity index (χ1) is 9.77. The molecule has 0 radical (unpaired) electrons. The Hall–Kier alpha value is -1.05. The van der Waals surface area contributed by atoms with Crippen molar-refractivity contribution in [2.75, 3.05) is 0 Å². The molecule has 0 unspecified atom stereocenters. The molecule has 0 aromatic carbocycles. The van der Waals surface area contributed by atoms with Crippen LogP contribution in [0.5, 0.6) is 0 Å². The van der Waals surface area contributed by atoms with Crippen LogP contribution >= 0.6 is 0 Å². The van der Waals surface area contributed by atoms with Crippen molar-refractivity contribution >= 4 is 5.97 Å². The van der Waals surface area contributed by atoms with E-state index in [1.807, 2.05) is 6.08 Å². The number of carbonyl (C=O) groups excluding carboxylic acids is 1. The Balaban J connectivity index is 3.08. The lowest BCUT2D eigenvalue weighted by molar-refractivity contribution is -0.135. The highest BCUT2D eigenvalue weighted by atomic mass is 16.5. The highest BCUT2D eigenvalue weighted by molar-refractivity contribution is 5.66. The summed E-state index contributed by atoms with van der Waals surface area (Å²) in [6.45, 7) is 3.60. The van der Waals surface area contributed by atoms with Gasteiger partial charge >= 0.3 is 5.97 Å². The van der Waals surface area contributed by atoms with Gasteiger partial charge in [-0.2, -0.15) is 0 Å². The average Bonchev–Trinajstić information content (AvgIpc) is 2.43. The van der Waals surface area contributed by atoms with E-state index in [1.54, 1.807) is 0 Å². The predicted octanol–water partition coefficient (Wildman–Crippen LogP) is 5.93. The second-order valence-electron chi connectivity index (χ2n) is 5.27. The zero-order valence-corrected chi connectivity index (χ0v) is 13.4. The maximum Gasteiger partial charge on any atom is 0.307 e. The number of hydrogen-bond acceptors (Lipinski definition) is 2. The summed E-state index contributed by atoms with van der Waals surface area (Å²) in [6.07, 6.45) is 22.1. The van der Waals surface area contributed by atoms with Gasteiger partial charge in [0.1, 0.15) is 0 Å². The van der Waals surface area contributed by atoms with Gasteiger partial charge in [0.15, 0.2) is 0 Å². The standard InChI is InChI=1S/C18H32O2/c1-3-4-5-6-7-8-9-10-11-12-13-14-15-16-17-20-18(2)19/h4-5,16-17H,3,6-15H2,1-2H3/b5-4-,17-16+. The third kappa shape index (κ3) is 16.9. The van der Waals surface area contributed by atoms with Crippen molar-refractivity contribution in [2.24, 2.45) is 0 Å². The molecule has 20 heavy (non-hydrogen) atoms. The van der Waals surface area contributed by atoms with Crippen LogP contribution in [0, 0.1) is 0 Å². The fraction of sp³-hybridized carbons (Fsp3) is 0.722. The normalized spacial score (nSPS) is 11.5. The molecule has 0 aliphatic carbocycles. The highest BCUT2D eigenvalue weighted by Gasteiger charge is 1.92. The van der Waals surface area contributed by atoms with Gasteiger partial charge in [-0.15, -0.1) is 0 Å². The Morgan fingerprint density at radius 1 is 0.800 bits per heavy atom. The average molecular weight is 280 g/mol. The molecule has 0 N–H and O–H groups in total. The molecular formula is C18H32O2. The van der Waals surface area contributed by atoms with Crippen LogP contribution in [0.1, 0.15) is 84.5 Å². The van der Waals surface area contributed by atoms with Gasteiger partial charge in [-0.25, -0.2) is 0 Å². The Bertz CT molecular complexity index is 267. The monoisotopic (exact) mass is 280 g/mol. The molecular weight excluding hydrogens is 248 g/mol. The number of unbranched alkanes of at least 4 members (excludes halogenated alkanes) is 9. The van der Waals surface area contributed by atoms with Crippen molar-refractivity contribution in [2.45, 2.75) is 84.5 Å². The van der Waals surface area contributed by atoms with Gasteiger partial charge in [0.2, 0.25) is 0 Å². The van der Waals surface area contributed by atoms with E-state index in [4.69, 9.17) is 4.74 Å². The Kier molecular flexibility index (Phi) is 15.2. The number of rotatable bonds is 13. The van der Waals surface area contributed by atoms with E-state index in [-0.39, 0.29) is 5.97 Å². The molecule has 0 saturated heterocycles. The maximum absolute atomic E-state index is 10.5. The molecule has 0 heterocycles. The molecule has 2 heteroatoms. The minimum atomic E-state index is -0.244. The maximum atomic E-state index is 10.5. The van der Waals surface area contributed by atoms with Crippen molar-refractivity contribution in [3.63, 3.8) is 0 Å². The first-order valence-electron chi connectivity index (χ1n) is 8.24. The zero-order valence-electron chi connectivity index (χ0n) is 13.4. The third-order valence-electron chi connectivity index (χ3n) is 3.22. The molecule has 0 saturated carbocycles. The Morgan fingerprint density at radius 2 is 1.30 bits per heavy atom. The predicted molar refractivity (Wildman–Crippen MR) is 86.5 cm³/mol. The van der Waals surface area contributed by atoms with Gasteiger partial charge in [0.05, 0.1) is 6.26 Å². The third-order valence-corrected chi connectivity index (χ3v) is 3.22. The van der Waals surface area contributed by atoms with Crippen LogP contribution in [0.4, 0.5) is 0 Å². The lowest BCUT2D eigenvalue weighted by Gasteiger charge is -2.00. The molecule has 2 nitrogen and oxygen atoms in total. The zero-order chi connectivity index (χ0) is 14.9. The van der Waals surface area contributed by atoms with Crippen molar-refractivity contribution in [1.29, 1.82) is 0 Å². The summed E-state index contributed by atoms with van der Waals surface area (Å²) in [5.41, 5.74) is 0. The fourth-order valence-corrected chi connectivity index (χ4v) is 2.08. The molecule has 0 rings (SSSR count). The molecule has 0 spiro atoms. The van der Waals surface area contributed by atoms with E-state index in [0.29, 0.717) is 0 Å². The number of hydrogen-bond donors (Lipinski definition) is 0. The lowest BCUT2D eigenvalue weighted by Crippen LogP contribution is -1.89. The van der Waals surface area contributed by atoms with Gasteiger partial charge in [-0.3, -0.25) is 4.79 Å². The first-order valence-corrected chi connectivity index (χ1v) is 8.24. The van der Waals surface area contributed by atoms with Gasteiger partial charge in [-0.05, 0) is 38.2 Å². The molecule has 0 amide bonds. The van der Waals surface area contributed by atoms with Crippen LogP contribution in [0.2, 0.25) is 0 Å². The van der Waals surface area contributed by atoms with Crippen LogP contribution in [0.15, 0.2) is 24.5 Å². The van der Waals surface area contributed by atoms with Gasteiger partial charge < -0.3 is 4.74 Å². The minimum Gasteiger partial charge on any atom is -0.435 e. The van der Waals surface area contributed by atoms with E-state index in [2.05, 4.69) is 19.1 Å². The number of allylic oxidation sites excluding steroid dienone is 3. The molecule has 0 aliphatic heterocycles.